The van der Waals surface area contributed by atoms with Gasteiger partial charge in [-0.2, -0.15) is 0 Å². The van der Waals surface area contributed by atoms with Crippen molar-refractivity contribution in [2.24, 2.45) is 0 Å². The molecule has 0 aliphatic carbocycles. The summed E-state index contributed by atoms with van der Waals surface area (Å²) in [6, 6.07) is 11.9. The number of amides is 1. The van der Waals surface area contributed by atoms with Gasteiger partial charge in [-0.05, 0) is 60.5 Å². The Morgan fingerprint density at radius 3 is 2.81 bits per heavy atom. The SMILES string of the molecule is O=C(C=Cc1ccc(Br)cc1)NC(=S)NN1CCCCC1c1cccnc1. The predicted octanol–water partition coefficient (Wildman–Crippen LogP) is 3.99. The first-order valence-electron chi connectivity index (χ1n) is 8.83. The standard InChI is InChI=1S/C20H21BrN4OS/c21-17-9-6-15(7-10-17)8-11-19(26)23-20(27)24-25-13-2-1-5-18(25)16-4-3-12-22-14-16/h3-4,6-12,14,18H,1-2,5,13H2,(H2,23,24,26,27). The minimum atomic E-state index is -0.259. The molecule has 2 N–H and O–H groups in total. The van der Waals surface area contributed by atoms with Crippen molar-refractivity contribution in [2.45, 2.75) is 25.3 Å². The highest BCUT2D eigenvalue weighted by Gasteiger charge is 2.24. The average Bonchev–Trinajstić information content (AvgIpc) is 2.68. The van der Waals surface area contributed by atoms with Gasteiger partial charge in [0.25, 0.3) is 0 Å². The quantitative estimate of drug-likeness (QED) is 0.551. The molecule has 0 radical (unpaired) electrons. The van der Waals surface area contributed by atoms with Gasteiger partial charge in [0, 0.05) is 29.5 Å². The van der Waals surface area contributed by atoms with Crippen LogP contribution >= 0.6 is 28.1 Å². The number of aromatic nitrogens is 1. The molecular formula is C20H21BrN4OS. The van der Waals surface area contributed by atoms with Crippen LogP contribution in [0.4, 0.5) is 0 Å². The number of pyridine rings is 1. The Labute approximate surface area is 173 Å². The zero-order chi connectivity index (χ0) is 19.1. The fourth-order valence-electron chi connectivity index (χ4n) is 3.04. The first-order chi connectivity index (χ1) is 13.1. The molecule has 1 aliphatic heterocycles. The van der Waals surface area contributed by atoms with E-state index in [1.54, 1.807) is 12.3 Å². The number of rotatable bonds is 4. The first-order valence-corrected chi connectivity index (χ1v) is 10.0. The maximum atomic E-state index is 12.1. The minimum absolute atomic E-state index is 0.195. The molecule has 1 aromatic heterocycles. The Hall–Kier alpha value is -2.09. The van der Waals surface area contributed by atoms with Gasteiger partial charge >= 0.3 is 0 Å². The van der Waals surface area contributed by atoms with E-state index >= 15 is 0 Å². The number of hydrogen-bond donors (Lipinski definition) is 2. The van der Waals surface area contributed by atoms with E-state index in [1.807, 2.05) is 36.5 Å². The number of carbonyl (C=O) groups is 1. The average molecular weight is 445 g/mol. The largest absolute Gasteiger partial charge is 0.298 e. The maximum Gasteiger partial charge on any atom is 0.250 e. The van der Waals surface area contributed by atoms with Crippen LogP contribution in [0.1, 0.15) is 36.4 Å². The molecule has 5 nitrogen and oxygen atoms in total. The van der Waals surface area contributed by atoms with Crippen LogP contribution in [-0.4, -0.2) is 27.6 Å². The van der Waals surface area contributed by atoms with E-state index in [-0.39, 0.29) is 11.9 Å². The third-order valence-corrected chi connectivity index (χ3v) is 5.07. The maximum absolute atomic E-state index is 12.1. The van der Waals surface area contributed by atoms with Gasteiger partial charge in [-0.25, -0.2) is 5.01 Å². The predicted molar refractivity (Wildman–Crippen MR) is 115 cm³/mol. The van der Waals surface area contributed by atoms with Gasteiger partial charge in [0.05, 0.1) is 6.04 Å². The Balaban J connectivity index is 1.55. The van der Waals surface area contributed by atoms with Crippen LogP contribution in [0.5, 0.6) is 0 Å². The second-order valence-electron chi connectivity index (χ2n) is 6.31. The molecule has 2 aromatic rings. The van der Waals surface area contributed by atoms with Gasteiger partial charge < -0.3 is 0 Å². The molecule has 1 amide bonds. The van der Waals surface area contributed by atoms with Crippen LogP contribution in [0, 0.1) is 0 Å². The summed E-state index contributed by atoms with van der Waals surface area (Å²) >= 11 is 8.71. The monoisotopic (exact) mass is 444 g/mol. The number of nitrogens with one attached hydrogen (secondary N) is 2. The molecule has 3 rings (SSSR count). The molecule has 140 valence electrons. The van der Waals surface area contributed by atoms with Gasteiger partial charge in [-0.15, -0.1) is 0 Å². The summed E-state index contributed by atoms with van der Waals surface area (Å²) in [6.45, 7) is 0.865. The van der Waals surface area contributed by atoms with Crippen molar-refractivity contribution in [3.05, 3.63) is 70.5 Å². The highest BCUT2D eigenvalue weighted by atomic mass is 79.9. The Bertz CT molecular complexity index is 810. The topological polar surface area (TPSA) is 57.3 Å². The van der Waals surface area contributed by atoms with E-state index < -0.39 is 0 Å². The van der Waals surface area contributed by atoms with Crippen molar-refractivity contribution in [1.29, 1.82) is 0 Å². The molecule has 27 heavy (non-hydrogen) atoms. The molecule has 0 spiro atoms. The Morgan fingerprint density at radius 2 is 2.07 bits per heavy atom. The molecule has 1 saturated heterocycles. The molecule has 0 bridgehead atoms. The second kappa shape index (κ2) is 9.73. The lowest BCUT2D eigenvalue weighted by Gasteiger charge is -2.36. The van der Waals surface area contributed by atoms with E-state index in [9.17, 15) is 4.79 Å². The molecule has 1 aromatic carbocycles. The summed E-state index contributed by atoms with van der Waals surface area (Å²) in [4.78, 5) is 16.3. The van der Waals surface area contributed by atoms with E-state index in [0.29, 0.717) is 5.11 Å². The molecule has 7 heteroatoms. The van der Waals surface area contributed by atoms with Crippen LogP contribution in [0.2, 0.25) is 0 Å². The third-order valence-electron chi connectivity index (χ3n) is 4.35. The van der Waals surface area contributed by atoms with Crippen molar-refractivity contribution in [3.63, 3.8) is 0 Å². The van der Waals surface area contributed by atoms with E-state index in [2.05, 4.69) is 42.7 Å². The van der Waals surface area contributed by atoms with Crippen molar-refractivity contribution in [1.82, 2.24) is 20.7 Å². The molecule has 2 heterocycles. The molecule has 1 atom stereocenters. The summed E-state index contributed by atoms with van der Waals surface area (Å²) in [7, 11) is 0. The van der Waals surface area contributed by atoms with Crippen LogP contribution < -0.4 is 10.7 Å². The van der Waals surface area contributed by atoms with Crippen molar-refractivity contribution < 1.29 is 4.79 Å². The lowest BCUT2D eigenvalue weighted by atomic mass is 9.98. The summed E-state index contributed by atoms with van der Waals surface area (Å²) in [5.74, 6) is -0.259. The summed E-state index contributed by atoms with van der Waals surface area (Å²) in [5.41, 5.74) is 5.26. The molecule has 1 unspecified atom stereocenters. The number of piperidine rings is 1. The van der Waals surface area contributed by atoms with Gasteiger partial charge in [0.1, 0.15) is 0 Å². The second-order valence-corrected chi connectivity index (χ2v) is 7.63. The van der Waals surface area contributed by atoms with E-state index in [1.165, 1.54) is 6.08 Å². The fraction of sp³-hybridized carbons (Fsp3) is 0.250. The molecule has 1 fully saturated rings. The zero-order valence-corrected chi connectivity index (χ0v) is 17.2. The highest BCUT2D eigenvalue weighted by Crippen LogP contribution is 2.28. The molecule has 0 saturated carbocycles. The number of halogens is 1. The minimum Gasteiger partial charge on any atom is -0.298 e. The first kappa shape index (κ1) is 19.7. The van der Waals surface area contributed by atoms with Gasteiger partial charge in [0.15, 0.2) is 5.11 Å². The summed E-state index contributed by atoms with van der Waals surface area (Å²) < 4.78 is 0.999. The normalized spacial score (nSPS) is 17.6. The van der Waals surface area contributed by atoms with Crippen LogP contribution in [0.15, 0.2) is 59.3 Å². The van der Waals surface area contributed by atoms with Crippen molar-refractivity contribution >= 4 is 45.2 Å². The van der Waals surface area contributed by atoms with Gasteiger partial charge in [0.2, 0.25) is 5.91 Å². The number of carbonyl (C=O) groups excluding carboxylic acids is 1. The van der Waals surface area contributed by atoms with Gasteiger partial charge in [-0.1, -0.05) is 40.5 Å². The zero-order valence-electron chi connectivity index (χ0n) is 14.8. The van der Waals surface area contributed by atoms with Crippen LogP contribution in [-0.2, 0) is 4.79 Å². The lowest BCUT2D eigenvalue weighted by Crippen LogP contribution is -2.51. The number of thiocarbonyl (C=S) groups is 1. The summed E-state index contributed by atoms with van der Waals surface area (Å²) in [6.07, 6.45) is 10.2. The van der Waals surface area contributed by atoms with E-state index in [4.69, 9.17) is 12.2 Å². The number of nitrogens with zero attached hydrogens (tertiary/aromatic N) is 2. The third kappa shape index (κ3) is 5.95. The Morgan fingerprint density at radius 1 is 1.26 bits per heavy atom. The number of hydrazine groups is 1. The van der Waals surface area contributed by atoms with Crippen LogP contribution in [0.3, 0.4) is 0 Å². The highest BCUT2D eigenvalue weighted by molar-refractivity contribution is 9.10. The smallest absolute Gasteiger partial charge is 0.250 e. The lowest BCUT2D eigenvalue weighted by molar-refractivity contribution is -0.115. The molecule has 1 aliphatic rings. The Kier molecular flexibility index (Phi) is 7.09. The van der Waals surface area contributed by atoms with Gasteiger partial charge in [-0.3, -0.25) is 20.5 Å². The number of hydrogen-bond acceptors (Lipinski definition) is 4. The van der Waals surface area contributed by atoms with Crippen LogP contribution in [0.25, 0.3) is 6.08 Å². The summed E-state index contributed by atoms with van der Waals surface area (Å²) in [5, 5.41) is 5.10. The van der Waals surface area contributed by atoms with E-state index in [0.717, 1.165) is 41.4 Å². The molecular weight excluding hydrogens is 424 g/mol. The number of benzene rings is 1. The fourth-order valence-corrected chi connectivity index (χ4v) is 3.52. The van der Waals surface area contributed by atoms with Crippen molar-refractivity contribution in [2.75, 3.05) is 6.54 Å². The van der Waals surface area contributed by atoms with Crippen molar-refractivity contribution in [3.8, 4) is 0 Å².